The van der Waals surface area contributed by atoms with Crippen LogP contribution in [0.3, 0.4) is 0 Å². The molecular formula is C21H23N3. The second-order valence-electron chi connectivity index (χ2n) is 6.32. The fraction of sp³-hybridized carbons (Fsp3) is 0.286. The van der Waals surface area contributed by atoms with Crippen molar-refractivity contribution < 1.29 is 0 Å². The van der Waals surface area contributed by atoms with Gasteiger partial charge in [0.05, 0.1) is 11.4 Å². The van der Waals surface area contributed by atoms with Gasteiger partial charge in [0.1, 0.15) is 5.82 Å². The van der Waals surface area contributed by atoms with Crippen molar-refractivity contribution in [2.75, 3.05) is 11.9 Å². The van der Waals surface area contributed by atoms with Crippen LogP contribution in [-0.2, 0) is 12.8 Å². The van der Waals surface area contributed by atoms with E-state index < -0.39 is 0 Å². The molecule has 2 aromatic carbocycles. The van der Waals surface area contributed by atoms with E-state index in [0.29, 0.717) is 0 Å². The summed E-state index contributed by atoms with van der Waals surface area (Å²) >= 11 is 0. The average Bonchev–Trinajstić information content (AvgIpc) is 2.83. The molecule has 1 aliphatic rings. The monoisotopic (exact) mass is 317 g/mol. The molecule has 24 heavy (non-hydrogen) atoms. The molecule has 1 aliphatic heterocycles. The van der Waals surface area contributed by atoms with Gasteiger partial charge < -0.3 is 5.32 Å². The Hall–Kier alpha value is -2.55. The molecule has 1 aromatic heterocycles. The summed E-state index contributed by atoms with van der Waals surface area (Å²) in [7, 11) is 0. The molecule has 4 rings (SSSR count). The summed E-state index contributed by atoms with van der Waals surface area (Å²) < 4.78 is 2.13. The van der Waals surface area contributed by atoms with Gasteiger partial charge in [0.2, 0.25) is 0 Å². The molecular weight excluding hydrogens is 294 g/mol. The number of aromatic nitrogens is 2. The normalized spacial score (nSPS) is 13.9. The number of para-hydroxylation sites is 1. The van der Waals surface area contributed by atoms with Gasteiger partial charge in [-0.3, -0.25) is 0 Å². The lowest BCUT2D eigenvalue weighted by atomic mass is 10.0. The van der Waals surface area contributed by atoms with Crippen LogP contribution in [0.1, 0.15) is 30.9 Å². The van der Waals surface area contributed by atoms with Crippen molar-refractivity contribution in [1.29, 1.82) is 0 Å². The van der Waals surface area contributed by atoms with Gasteiger partial charge in [-0.15, -0.1) is 0 Å². The number of hydrogen-bond acceptors (Lipinski definition) is 2. The van der Waals surface area contributed by atoms with Crippen molar-refractivity contribution >= 4 is 5.82 Å². The Morgan fingerprint density at radius 1 is 1.00 bits per heavy atom. The summed E-state index contributed by atoms with van der Waals surface area (Å²) in [5, 5.41) is 8.67. The second kappa shape index (κ2) is 6.52. The highest BCUT2D eigenvalue weighted by atomic mass is 15.3. The smallest absolute Gasteiger partial charge is 0.133 e. The molecule has 0 saturated carbocycles. The molecule has 0 saturated heterocycles. The number of anilines is 1. The minimum atomic E-state index is 1.01. The second-order valence-corrected chi connectivity index (χ2v) is 6.32. The van der Waals surface area contributed by atoms with Gasteiger partial charge in [0.15, 0.2) is 0 Å². The fourth-order valence-electron chi connectivity index (χ4n) is 3.52. The molecule has 1 N–H and O–H groups in total. The molecule has 0 radical (unpaired) electrons. The van der Waals surface area contributed by atoms with Crippen LogP contribution in [0.15, 0.2) is 54.6 Å². The van der Waals surface area contributed by atoms with E-state index in [9.17, 15) is 0 Å². The first-order valence-electron chi connectivity index (χ1n) is 8.88. The molecule has 0 spiro atoms. The zero-order valence-electron chi connectivity index (χ0n) is 14.1. The van der Waals surface area contributed by atoms with Gasteiger partial charge in [0, 0.05) is 17.7 Å². The Kier molecular flexibility index (Phi) is 4.08. The van der Waals surface area contributed by atoms with Crippen molar-refractivity contribution in [1.82, 2.24) is 9.78 Å². The first-order valence-corrected chi connectivity index (χ1v) is 8.88. The standard InChI is InChI=1S/C21H23N3/c1-2-16-10-6-7-14-19(16)24-21-18(13-8-9-15-22-21)20(23-24)17-11-4-3-5-12-17/h3-7,10-12,14,22H,2,8-9,13,15H2,1H3. The topological polar surface area (TPSA) is 29.9 Å². The SMILES string of the molecule is CCc1ccccc1-n1nc(-c2ccccc2)c2c1NCCCC2. The minimum absolute atomic E-state index is 1.01. The van der Waals surface area contributed by atoms with E-state index in [1.54, 1.807) is 0 Å². The summed E-state index contributed by atoms with van der Waals surface area (Å²) in [5.74, 6) is 1.17. The zero-order valence-corrected chi connectivity index (χ0v) is 14.1. The summed E-state index contributed by atoms with van der Waals surface area (Å²) in [5.41, 5.74) is 6.18. The van der Waals surface area contributed by atoms with Gasteiger partial charge in [-0.2, -0.15) is 5.10 Å². The van der Waals surface area contributed by atoms with Crippen LogP contribution >= 0.6 is 0 Å². The Morgan fingerprint density at radius 3 is 2.62 bits per heavy atom. The van der Waals surface area contributed by atoms with Crippen molar-refractivity contribution in [2.45, 2.75) is 32.6 Å². The molecule has 3 aromatic rings. The van der Waals surface area contributed by atoms with E-state index in [1.807, 2.05) is 0 Å². The lowest BCUT2D eigenvalue weighted by molar-refractivity contribution is 0.779. The maximum absolute atomic E-state index is 5.04. The predicted octanol–water partition coefficient (Wildman–Crippen LogP) is 4.85. The first-order chi connectivity index (χ1) is 11.9. The maximum atomic E-state index is 5.04. The molecule has 3 nitrogen and oxygen atoms in total. The minimum Gasteiger partial charge on any atom is -0.370 e. The molecule has 0 fully saturated rings. The largest absolute Gasteiger partial charge is 0.370 e. The summed E-state index contributed by atoms with van der Waals surface area (Å²) in [6.45, 7) is 3.22. The molecule has 2 heterocycles. The lowest BCUT2D eigenvalue weighted by Crippen LogP contribution is -2.08. The number of hydrogen-bond donors (Lipinski definition) is 1. The first kappa shape index (κ1) is 15.0. The van der Waals surface area contributed by atoms with Gasteiger partial charge in [0.25, 0.3) is 0 Å². The highest BCUT2D eigenvalue weighted by molar-refractivity contribution is 5.71. The molecule has 122 valence electrons. The zero-order chi connectivity index (χ0) is 16.4. The van der Waals surface area contributed by atoms with E-state index >= 15 is 0 Å². The van der Waals surface area contributed by atoms with Crippen molar-refractivity contribution in [3.05, 3.63) is 65.7 Å². The highest BCUT2D eigenvalue weighted by Crippen LogP contribution is 2.34. The quantitative estimate of drug-likeness (QED) is 0.748. The Balaban J connectivity index is 1.93. The third-order valence-electron chi connectivity index (χ3n) is 4.78. The van der Waals surface area contributed by atoms with Crippen molar-refractivity contribution in [2.24, 2.45) is 0 Å². The number of aryl methyl sites for hydroxylation is 1. The van der Waals surface area contributed by atoms with Crippen LogP contribution in [0.5, 0.6) is 0 Å². The van der Waals surface area contributed by atoms with E-state index in [4.69, 9.17) is 5.10 Å². The summed E-state index contributed by atoms with van der Waals surface area (Å²) in [6.07, 6.45) is 4.51. The Morgan fingerprint density at radius 2 is 1.79 bits per heavy atom. The van der Waals surface area contributed by atoms with Crippen LogP contribution < -0.4 is 5.32 Å². The molecule has 0 amide bonds. The highest BCUT2D eigenvalue weighted by Gasteiger charge is 2.22. The molecule has 0 bridgehead atoms. The van der Waals surface area contributed by atoms with E-state index in [0.717, 1.165) is 25.1 Å². The van der Waals surface area contributed by atoms with Crippen LogP contribution in [0, 0.1) is 0 Å². The Bertz CT molecular complexity index is 834. The third-order valence-corrected chi connectivity index (χ3v) is 4.78. The maximum Gasteiger partial charge on any atom is 0.133 e. The predicted molar refractivity (Wildman–Crippen MR) is 99.8 cm³/mol. The molecule has 3 heteroatoms. The molecule has 0 aliphatic carbocycles. The van der Waals surface area contributed by atoms with Gasteiger partial charge in [-0.1, -0.05) is 55.5 Å². The van der Waals surface area contributed by atoms with Crippen molar-refractivity contribution in [3.8, 4) is 16.9 Å². The number of nitrogens with one attached hydrogen (secondary N) is 1. The van der Waals surface area contributed by atoms with Crippen LogP contribution in [-0.4, -0.2) is 16.3 Å². The molecule has 0 unspecified atom stereocenters. The van der Waals surface area contributed by atoms with Gasteiger partial charge in [-0.05, 0) is 37.3 Å². The van der Waals surface area contributed by atoms with Gasteiger partial charge >= 0.3 is 0 Å². The number of nitrogens with zero attached hydrogens (tertiary/aromatic N) is 2. The number of benzene rings is 2. The average molecular weight is 317 g/mol. The van der Waals surface area contributed by atoms with E-state index in [-0.39, 0.29) is 0 Å². The number of fused-ring (bicyclic) bond motifs is 1. The summed E-state index contributed by atoms with van der Waals surface area (Å²) in [6, 6.07) is 19.1. The van der Waals surface area contributed by atoms with Crippen LogP contribution in [0.4, 0.5) is 5.82 Å². The third kappa shape index (κ3) is 2.60. The molecule has 0 atom stereocenters. The van der Waals surface area contributed by atoms with Crippen molar-refractivity contribution in [3.63, 3.8) is 0 Å². The lowest BCUT2D eigenvalue weighted by Gasteiger charge is -2.12. The van der Waals surface area contributed by atoms with Crippen LogP contribution in [0.2, 0.25) is 0 Å². The van der Waals surface area contributed by atoms with Crippen LogP contribution in [0.25, 0.3) is 16.9 Å². The fourth-order valence-corrected chi connectivity index (χ4v) is 3.52. The van der Waals surface area contributed by atoms with E-state index in [1.165, 1.54) is 41.0 Å². The summed E-state index contributed by atoms with van der Waals surface area (Å²) in [4.78, 5) is 0. The number of rotatable bonds is 3. The Labute approximate surface area is 143 Å². The van der Waals surface area contributed by atoms with Gasteiger partial charge in [-0.25, -0.2) is 4.68 Å². The van der Waals surface area contributed by atoms with E-state index in [2.05, 4.69) is 71.5 Å².